The van der Waals surface area contributed by atoms with Crippen molar-refractivity contribution in [2.24, 2.45) is 0 Å². The second-order valence-corrected chi connectivity index (χ2v) is 5.33. The van der Waals surface area contributed by atoms with Gasteiger partial charge in [0.2, 0.25) is 0 Å². The fraction of sp³-hybridized carbons (Fsp3) is 0.818. The zero-order chi connectivity index (χ0) is 13.3. The number of carbonyl (C=O) groups is 2. The van der Waals surface area contributed by atoms with Gasteiger partial charge in [-0.2, -0.15) is 11.8 Å². The molecule has 6 heteroatoms. The van der Waals surface area contributed by atoms with Crippen LogP contribution in [-0.2, 0) is 4.79 Å². The molecule has 0 aliphatic rings. The maximum atomic E-state index is 11.5. The average Bonchev–Trinajstić information content (AvgIpc) is 2.23. The number of aliphatic carboxylic acids is 1. The van der Waals surface area contributed by atoms with Crippen LogP contribution in [0.25, 0.3) is 0 Å². The fourth-order valence-corrected chi connectivity index (χ4v) is 1.91. The van der Waals surface area contributed by atoms with Crippen molar-refractivity contribution in [2.45, 2.75) is 45.7 Å². The minimum absolute atomic E-state index is 0.0721. The van der Waals surface area contributed by atoms with E-state index >= 15 is 0 Å². The Kier molecular flexibility index (Phi) is 8.66. The molecule has 0 aromatic carbocycles. The van der Waals surface area contributed by atoms with Crippen molar-refractivity contribution >= 4 is 23.8 Å². The number of thioether (sulfide) groups is 1. The zero-order valence-electron chi connectivity index (χ0n) is 10.7. The molecule has 0 aliphatic carbocycles. The van der Waals surface area contributed by atoms with Crippen molar-refractivity contribution in [1.82, 2.24) is 10.6 Å². The zero-order valence-corrected chi connectivity index (χ0v) is 11.5. The van der Waals surface area contributed by atoms with Crippen LogP contribution in [0, 0.1) is 0 Å². The first-order valence-corrected chi connectivity index (χ1v) is 6.97. The van der Waals surface area contributed by atoms with E-state index in [1.54, 1.807) is 18.7 Å². The first kappa shape index (κ1) is 16.1. The van der Waals surface area contributed by atoms with Gasteiger partial charge in [0.05, 0.1) is 0 Å². The van der Waals surface area contributed by atoms with Crippen LogP contribution in [-0.4, -0.2) is 40.7 Å². The minimum atomic E-state index is -0.841. The van der Waals surface area contributed by atoms with Gasteiger partial charge < -0.3 is 15.7 Å². The van der Waals surface area contributed by atoms with Gasteiger partial charge in [0, 0.05) is 24.3 Å². The van der Waals surface area contributed by atoms with Crippen molar-refractivity contribution in [3.63, 3.8) is 0 Å². The minimum Gasteiger partial charge on any atom is -0.481 e. The molecule has 0 aliphatic heterocycles. The summed E-state index contributed by atoms with van der Waals surface area (Å²) in [6, 6.07) is -0.240. The molecule has 100 valence electrons. The van der Waals surface area contributed by atoms with Crippen LogP contribution in [0.1, 0.15) is 33.6 Å². The number of carbonyl (C=O) groups excluding carboxylic acids is 1. The van der Waals surface area contributed by atoms with E-state index in [4.69, 9.17) is 5.11 Å². The molecule has 5 nitrogen and oxygen atoms in total. The number of carboxylic acid groups (broad SMARTS) is 1. The monoisotopic (exact) mass is 262 g/mol. The van der Waals surface area contributed by atoms with Crippen molar-refractivity contribution < 1.29 is 14.7 Å². The highest BCUT2D eigenvalue weighted by Gasteiger charge is 2.11. The molecule has 17 heavy (non-hydrogen) atoms. The molecule has 0 saturated carbocycles. The molecule has 0 heterocycles. The Morgan fingerprint density at radius 2 is 1.82 bits per heavy atom. The van der Waals surface area contributed by atoms with Crippen LogP contribution in [0.4, 0.5) is 4.79 Å². The number of urea groups is 1. The summed E-state index contributed by atoms with van der Waals surface area (Å²) in [6.45, 7) is 5.82. The van der Waals surface area contributed by atoms with E-state index in [1.165, 1.54) is 0 Å². The highest BCUT2D eigenvalue weighted by Crippen LogP contribution is 2.01. The Labute approximate surface area is 107 Å². The number of hydrogen-bond donors (Lipinski definition) is 3. The van der Waals surface area contributed by atoms with Crippen LogP contribution < -0.4 is 10.6 Å². The van der Waals surface area contributed by atoms with Gasteiger partial charge in [-0.15, -0.1) is 0 Å². The number of carboxylic acids is 1. The lowest BCUT2D eigenvalue weighted by Gasteiger charge is -2.17. The largest absolute Gasteiger partial charge is 0.481 e. The Morgan fingerprint density at radius 3 is 2.35 bits per heavy atom. The normalized spacial score (nSPS) is 13.8. The highest BCUT2D eigenvalue weighted by atomic mass is 32.2. The summed E-state index contributed by atoms with van der Waals surface area (Å²) in [5, 5.41) is 14.0. The maximum Gasteiger partial charge on any atom is 0.315 e. The van der Waals surface area contributed by atoms with Crippen LogP contribution in [0.3, 0.4) is 0 Å². The Morgan fingerprint density at radius 1 is 1.24 bits per heavy atom. The third-order valence-corrected chi connectivity index (χ3v) is 3.26. The van der Waals surface area contributed by atoms with Crippen molar-refractivity contribution in [3.8, 4) is 0 Å². The summed E-state index contributed by atoms with van der Waals surface area (Å²) < 4.78 is 0. The molecule has 2 unspecified atom stereocenters. The third kappa shape index (κ3) is 9.99. The van der Waals surface area contributed by atoms with Gasteiger partial charge in [-0.3, -0.25) is 4.79 Å². The van der Waals surface area contributed by atoms with E-state index in [-0.39, 0.29) is 24.5 Å². The highest BCUT2D eigenvalue weighted by molar-refractivity contribution is 7.99. The van der Waals surface area contributed by atoms with E-state index in [2.05, 4.69) is 17.6 Å². The Hall–Kier alpha value is -0.910. The maximum absolute atomic E-state index is 11.5. The molecule has 0 spiro atoms. The topological polar surface area (TPSA) is 78.4 Å². The molecular weight excluding hydrogens is 240 g/mol. The number of amides is 2. The third-order valence-electron chi connectivity index (χ3n) is 2.12. The van der Waals surface area contributed by atoms with E-state index in [1.807, 2.05) is 6.92 Å². The number of nitrogens with one attached hydrogen (secondary N) is 2. The standard InChI is InChI=1S/C11H22N2O3S/c1-4-17-7-9(3)13-11(16)12-8(2)5-6-10(14)15/h8-9H,4-7H2,1-3H3,(H,14,15)(H2,12,13,16). The number of hydrogen-bond acceptors (Lipinski definition) is 3. The SMILES string of the molecule is CCSCC(C)NC(=O)NC(C)CCC(=O)O. The van der Waals surface area contributed by atoms with Gasteiger partial charge in [-0.1, -0.05) is 6.92 Å². The summed E-state index contributed by atoms with van der Waals surface area (Å²) >= 11 is 1.77. The lowest BCUT2D eigenvalue weighted by Crippen LogP contribution is -2.45. The van der Waals surface area contributed by atoms with E-state index in [9.17, 15) is 9.59 Å². The quantitative estimate of drug-likeness (QED) is 0.622. The second-order valence-electron chi connectivity index (χ2n) is 4.01. The molecular formula is C11H22N2O3S. The lowest BCUT2D eigenvalue weighted by molar-refractivity contribution is -0.137. The van der Waals surface area contributed by atoms with Crippen LogP contribution in [0.15, 0.2) is 0 Å². The van der Waals surface area contributed by atoms with Crippen molar-refractivity contribution in [3.05, 3.63) is 0 Å². The Balaban J connectivity index is 3.73. The molecule has 0 radical (unpaired) electrons. The summed E-state index contributed by atoms with van der Waals surface area (Å²) in [5.41, 5.74) is 0. The van der Waals surface area contributed by atoms with Crippen molar-refractivity contribution in [2.75, 3.05) is 11.5 Å². The van der Waals surface area contributed by atoms with Gasteiger partial charge in [0.1, 0.15) is 0 Å². The second kappa shape index (κ2) is 9.15. The van der Waals surface area contributed by atoms with Gasteiger partial charge >= 0.3 is 12.0 Å². The molecule has 0 fully saturated rings. The smallest absolute Gasteiger partial charge is 0.315 e. The van der Waals surface area contributed by atoms with Crippen molar-refractivity contribution in [1.29, 1.82) is 0 Å². The molecule has 0 aromatic rings. The van der Waals surface area contributed by atoms with Crippen LogP contribution in [0.2, 0.25) is 0 Å². The summed E-state index contributed by atoms with van der Waals surface area (Å²) in [4.78, 5) is 21.8. The predicted molar refractivity (Wildman–Crippen MR) is 70.5 cm³/mol. The first-order chi connectivity index (χ1) is 7.95. The molecule has 3 N–H and O–H groups in total. The van der Waals surface area contributed by atoms with Gasteiger partial charge in [0.25, 0.3) is 0 Å². The van der Waals surface area contributed by atoms with E-state index in [0.717, 1.165) is 11.5 Å². The Bertz CT molecular complexity index is 249. The number of rotatable bonds is 8. The van der Waals surface area contributed by atoms with Gasteiger partial charge in [0.15, 0.2) is 0 Å². The fourth-order valence-electron chi connectivity index (χ4n) is 1.24. The molecule has 2 atom stereocenters. The van der Waals surface area contributed by atoms with Crippen LogP contribution in [0.5, 0.6) is 0 Å². The average molecular weight is 262 g/mol. The molecule has 2 amide bonds. The molecule has 0 aromatic heterocycles. The van der Waals surface area contributed by atoms with E-state index in [0.29, 0.717) is 6.42 Å². The first-order valence-electron chi connectivity index (χ1n) is 5.82. The van der Waals surface area contributed by atoms with Crippen LogP contribution >= 0.6 is 11.8 Å². The lowest BCUT2D eigenvalue weighted by atomic mass is 10.2. The predicted octanol–water partition coefficient (Wildman–Crippen LogP) is 1.68. The molecule has 0 saturated heterocycles. The molecule has 0 bridgehead atoms. The van der Waals surface area contributed by atoms with Gasteiger partial charge in [-0.05, 0) is 26.0 Å². The summed E-state index contributed by atoms with van der Waals surface area (Å²) in [7, 11) is 0. The molecule has 0 rings (SSSR count). The summed E-state index contributed by atoms with van der Waals surface area (Å²) in [6.07, 6.45) is 0.517. The van der Waals surface area contributed by atoms with Gasteiger partial charge in [-0.25, -0.2) is 4.79 Å². The van der Waals surface area contributed by atoms with E-state index < -0.39 is 5.97 Å². The summed E-state index contributed by atoms with van der Waals surface area (Å²) in [5.74, 6) is 1.07.